The number of ether oxygens (including phenoxy) is 2. The predicted octanol–water partition coefficient (Wildman–Crippen LogP) is 3.83. The molecule has 0 spiro atoms. The molecule has 24 heavy (non-hydrogen) atoms. The van der Waals surface area contributed by atoms with Crippen LogP contribution in [0.3, 0.4) is 0 Å². The van der Waals surface area contributed by atoms with Crippen molar-refractivity contribution in [3.63, 3.8) is 0 Å². The summed E-state index contributed by atoms with van der Waals surface area (Å²) < 4.78 is 11.4. The molecular formula is C19H21NO4. The van der Waals surface area contributed by atoms with Crippen molar-refractivity contribution in [2.24, 2.45) is 0 Å². The monoisotopic (exact) mass is 327 g/mol. The molecular weight excluding hydrogens is 306 g/mol. The quantitative estimate of drug-likeness (QED) is 0.785. The van der Waals surface area contributed by atoms with Gasteiger partial charge in [0.15, 0.2) is 5.78 Å². The fourth-order valence-corrected chi connectivity index (χ4v) is 2.25. The molecule has 0 aliphatic carbocycles. The number of hydrogen-bond acceptors (Lipinski definition) is 4. The lowest BCUT2D eigenvalue weighted by atomic mass is 10.1. The number of carbonyl (C=O) groups excluding carboxylic acids is 2. The summed E-state index contributed by atoms with van der Waals surface area (Å²) in [5, 5.41) is 2.73. The van der Waals surface area contributed by atoms with Gasteiger partial charge in [0.25, 0.3) is 0 Å². The van der Waals surface area contributed by atoms with Crippen molar-refractivity contribution in [3.05, 3.63) is 53.6 Å². The number of carbonyl (C=O) groups is 2. The second-order valence-corrected chi connectivity index (χ2v) is 5.28. The van der Waals surface area contributed by atoms with Crippen LogP contribution >= 0.6 is 0 Å². The van der Waals surface area contributed by atoms with Crippen LogP contribution in [0.1, 0.15) is 36.7 Å². The molecule has 0 heterocycles. The van der Waals surface area contributed by atoms with E-state index in [-0.39, 0.29) is 18.3 Å². The Kier molecular flexibility index (Phi) is 5.95. The number of amides is 1. The molecule has 126 valence electrons. The molecule has 0 fully saturated rings. The van der Waals surface area contributed by atoms with Gasteiger partial charge in [-0.25, -0.2) is 0 Å². The Morgan fingerprint density at radius 3 is 2.42 bits per heavy atom. The van der Waals surface area contributed by atoms with E-state index in [0.717, 1.165) is 5.56 Å². The largest absolute Gasteiger partial charge is 0.493 e. The van der Waals surface area contributed by atoms with Gasteiger partial charge in [-0.3, -0.25) is 9.59 Å². The Morgan fingerprint density at radius 1 is 1.00 bits per heavy atom. The highest BCUT2D eigenvalue weighted by molar-refractivity contribution is 5.94. The summed E-state index contributed by atoms with van der Waals surface area (Å²) in [4.78, 5) is 22.9. The number of hydrogen-bond donors (Lipinski definition) is 1. The molecule has 0 unspecified atom stereocenters. The Balaban J connectivity index is 2.23. The van der Waals surface area contributed by atoms with E-state index in [1.54, 1.807) is 30.3 Å². The van der Waals surface area contributed by atoms with Crippen LogP contribution in [0.25, 0.3) is 0 Å². The van der Waals surface area contributed by atoms with Crippen molar-refractivity contribution >= 4 is 17.4 Å². The maximum Gasteiger partial charge on any atom is 0.221 e. The minimum atomic E-state index is -0.167. The van der Waals surface area contributed by atoms with Gasteiger partial charge in [-0.05, 0) is 44.2 Å². The van der Waals surface area contributed by atoms with Crippen LogP contribution in [0.2, 0.25) is 0 Å². The smallest absolute Gasteiger partial charge is 0.221 e. The third kappa shape index (κ3) is 4.59. The SMILES string of the molecule is CCOc1ccc(C(C)=O)cc1COc1ccccc1NC(C)=O. The molecule has 0 aliphatic heterocycles. The fourth-order valence-electron chi connectivity index (χ4n) is 2.25. The topological polar surface area (TPSA) is 64.6 Å². The molecule has 5 nitrogen and oxygen atoms in total. The van der Waals surface area contributed by atoms with Crippen molar-refractivity contribution in [1.29, 1.82) is 0 Å². The molecule has 0 radical (unpaired) electrons. The van der Waals surface area contributed by atoms with E-state index < -0.39 is 0 Å². The number of benzene rings is 2. The van der Waals surface area contributed by atoms with Gasteiger partial charge in [-0.2, -0.15) is 0 Å². The summed E-state index contributed by atoms with van der Waals surface area (Å²) in [6.45, 7) is 5.62. The van der Waals surface area contributed by atoms with E-state index >= 15 is 0 Å². The summed E-state index contributed by atoms with van der Waals surface area (Å²) in [6, 6.07) is 12.5. The zero-order chi connectivity index (χ0) is 17.5. The average molecular weight is 327 g/mol. The van der Waals surface area contributed by atoms with Gasteiger partial charge in [0.05, 0.1) is 12.3 Å². The molecule has 2 aromatic rings. The third-order valence-electron chi connectivity index (χ3n) is 3.35. The predicted molar refractivity (Wildman–Crippen MR) is 92.7 cm³/mol. The summed E-state index contributed by atoms with van der Waals surface area (Å²) in [5.41, 5.74) is 1.99. The fraction of sp³-hybridized carbons (Fsp3) is 0.263. The zero-order valence-corrected chi connectivity index (χ0v) is 14.1. The Bertz CT molecular complexity index is 740. The Hall–Kier alpha value is -2.82. The summed E-state index contributed by atoms with van der Waals surface area (Å²) >= 11 is 0. The first kappa shape index (κ1) is 17.5. The molecule has 0 aliphatic rings. The van der Waals surface area contributed by atoms with Crippen LogP contribution < -0.4 is 14.8 Å². The van der Waals surface area contributed by atoms with E-state index in [1.165, 1.54) is 13.8 Å². The van der Waals surface area contributed by atoms with Crippen molar-refractivity contribution in [3.8, 4) is 11.5 Å². The van der Waals surface area contributed by atoms with Gasteiger partial charge in [0, 0.05) is 18.1 Å². The number of rotatable bonds is 7. The highest BCUT2D eigenvalue weighted by Crippen LogP contribution is 2.27. The van der Waals surface area contributed by atoms with Crippen molar-refractivity contribution in [2.45, 2.75) is 27.4 Å². The molecule has 5 heteroatoms. The Morgan fingerprint density at radius 2 is 1.75 bits per heavy atom. The van der Waals surface area contributed by atoms with Crippen LogP contribution in [0.4, 0.5) is 5.69 Å². The normalized spacial score (nSPS) is 10.1. The van der Waals surface area contributed by atoms with Crippen molar-refractivity contribution in [1.82, 2.24) is 0 Å². The number of anilines is 1. The van der Waals surface area contributed by atoms with E-state index in [2.05, 4.69) is 5.32 Å². The van der Waals surface area contributed by atoms with Gasteiger partial charge in [-0.15, -0.1) is 0 Å². The summed E-state index contributed by atoms with van der Waals surface area (Å²) in [6.07, 6.45) is 0. The minimum Gasteiger partial charge on any atom is -0.493 e. The number of Topliss-reactive ketones (excluding diaryl/α,β-unsaturated/α-hetero) is 1. The van der Waals surface area contributed by atoms with Gasteiger partial charge >= 0.3 is 0 Å². The molecule has 1 N–H and O–H groups in total. The molecule has 1 amide bonds. The van der Waals surface area contributed by atoms with Crippen LogP contribution in [-0.2, 0) is 11.4 Å². The van der Waals surface area contributed by atoms with Gasteiger partial charge in [0.2, 0.25) is 5.91 Å². The van der Waals surface area contributed by atoms with Crippen LogP contribution in [0.15, 0.2) is 42.5 Å². The first-order valence-corrected chi connectivity index (χ1v) is 7.77. The number of ketones is 1. The molecule has 0 saturated heterocycles. The van der Waals surface area contributed by atoms with Gasteiger partial charge in [0.1, 0.15) is 18.1 Å². The first-order chi connectivity index (χ1) is 11.5. The Labute approximate surface area is 141 Å². The number of para-hydroxylation sites is 2. The van der Waals surface area contributed by atoms with E-state index in [0.29, 0.717) is 29.4 Å². The molecule has 0 bridgehead atoms. The maximum absolute atomic E-state index is 11.6. The standard InChI is InChI=1S/C19H21NO4/c1-4-23-18-10-9-15(13(2)21)11-16(18)12-24-19-8-6-5-7-17(19)20-14(3)22/h5-11H,4,12H2,1-3H3,(H,20,22). The van der Waals surface area contributed by atoms with Crippen LogP contribution in [-0.4, -0.2) is 18.3 Å². The lowest BCUT2D eigenvalue weighted by Crippen LogP contribution is -2.08. The summed E-state index contributed by atoms with van der Waals surface area (Å²) in [5.74, 6) is 1.06. The highest BCUT2D eigenvalue weighted by atomic mass is 16.5. The second kappa shape index (κ2) is 8.15. The molecule has 0 atom stereocenters. The van der Waals surface area contributed by atoms with Gasteiger partial charge < -0.3 is 14.8 Å². The highest BCUT2D eigenvalue weighted by Gasteiger charge is 2.10. The molecule has 0 aromatic heterocycles. The van der Waals surface area contributed by atoms with Crippen LogP contribution in [0, 0.1) is 0 Å². The molecule has 2 aromatic carbocycles. The zero-order valence-electron chi connectivity index (χ0n) is 14.1. The first-order valence-electron chi connectivity index (χ1n) is 7.77. The lowest BCUT2D eigenvalue weighted by molar-refractivity contribution is -0.114. The van der Waals surface area contributed by atoms with Crippen LogP contribution in [0.5, 0.6) is 11.5 Å². The third-order valence-corrected chi connectivity index (χ3v) is 3.35. The maximum atomic E-state index is 11.6. The number of nitrogens with one attached hydrogen (secondary N) is 1. The van der Waals surface area contributed by atoms with E-state index in [4.69, 9.17) is 9.47 Å². The molecule has 2 rings (SSSR count). The summed E-state index contributed by atoms with van der Waals surface area (Å²) in [7, 11) is 0. The van der Waals surface area contributed by atoms with Crippen molar-refractivity contribution in [2.75, 3.05) is 11.9 Å². The lowest BCUT2D eigenvalue weighted by Gasteiger charge is -2.15. The second-order valence-electron chi connectivity index (χ2n) is 5.28. The van der Waals surface area contributed by atoms with E-state index in [1.807, 2.05) is 19.1 Å². The minimum absolute atomic E-state index is 0.0158. The average Bonchev–Trinajstić information content (AvgIpc) is 2.54. The van der Waals surface area contributed by atoms with Gasteiger partial charge in [-0.1, -0.05) is 12.1 Å². The molecule has 0 saturated carbocycles. The van der Waals surface area contributed by atoms with Crippen molar-refractivity contribution < 1.29 is 19.1 Å². The van der Waals surface area contributed by atoms with E-state index in [9.17, 15) is 9.59 Å².